The molecule has 1 saturated heterocycles. The zero-order valence-electron chi connectivity index (χ0n) is 16.9. The van der Waals surface area contributed by atoms with Gasteiger partial charge in [-0.1, -0.05) is 11.6 Å². The Morgan fingerprint density at radius 3 is 2.59 bits per heavy atom. The Balaban J connectivity index is 1.52. The molecule has 32 heavy (non-hydrogen) atoms. The number of thiazole rings is 1. The van der Waals surface area contributed by atoms with Crippen LogP contribution < -0.4 is 9.62 Å². The first kappa shape index (κ1) is 22.5. The first-order chi connectivity index (χ1) is 15.3. The molecule has 0 unspecified atom stereocenters. The minimum atomic E-state index is -4.08. The molecule has 2 heterocycles. The molecule has 0 bridgehead atoms. The second-order valence-electron chi connectivity index (χ2n) is 7.21. The lowest BCUT2D eigenvalue weighted by Gasteiger charge is -2.22. The van der Waals surface area contributed by atoms with E-state index in [4.69, 9.17) is 11.6 Å². The Morgan fingerprint density at radius 2 is 1.88 bits per heavy atom. The molecule has 0 radical (unpaired) electrons. The molecule has 1 aliphatic rings. The number of sulfonamides is 1. The van der Waals surface area contributed by atoms with Crippen molar-refractivity contribution >= 4 is 49.7 Å². The van der Waals surface area contributed by atoms with Gasteiger partial charge in [-0.25, -0.2) is 17.8 Å². The van der Waals surface area contributed by atoms with Crippen molar-refractivity contribution < 1.29 is 17.6 Å². The largest absolute Gasteiger partial charge is 0.346 e. The van der Waals surface area contributed by atoms with Crippen molar-refractivity contribution in [1.82, 2.24) is 9.88 Å². The third kappa shape index (κ3) is 5.03. The van der Waals surface area contributed by atoms with E-state index >= 15 is 0 Å². The van der Waals surface area contributed by atoms with E-state index in [-0.39, 0.29) is 27.1 Å². The molecule has 4 rings (SSSR count). The van der Waals surface area contributed by atoms with E-state index in [1.54, 1.807) is 22.4 Å². The lowest BCUT2D eigenvalue weighted by molar-refractivity contribution is 0.0767. The maximum Gasteiger partial charge on any atom is 0.263 e. The Morgan fingerprint density at radius 1 is 1.09 bits per heavy atom. The van der Waals surface area contributed by atoms with Crippen LogP contribution in [0, 0.1) is 5.82 Å². The summed E-state index contributed by atoms with van der Waals surface area (Å²) in [6.45, 7) is 2.49. The summed E-state index contributed by atoms with van der Waals surface area (Å²) in [7, 11) is -4.08. The number of benzene rings is 2. The van der Waals surface area contributed by atoms with Gasteiger partial charge in [0.15, 0.2) is 5.13 Å². The fourth-order valence-electron chi connectivity index (χ4n) is 3.44. The third-order valence-corrected chi connectivity index (χ3v) is 7.73. The summed E-state index contributed by atoms with van der Waals surface area (Å²) in [6.07, 6.45) is 2.53. The van der Waals surface area contributed by atoms with Crippen molar-refractivity contribution in [2.75, 3.05) is 35.8 Å². The number of aromatic nitrogens is 1. The number of anilines is 2. The molecule has 168 valence electrons. The summed E-state index contributed by atoms with van der Waals surface area (Å²) in [4.78, 5) is 21.1. The Kier molecular flexibility index (Phi) is 6.63. The molecule has 0 aliphatic carbocycles. The fraction of sp³-hybridized carbons (Fsp3) is 0.238. The van der Waals surface area contributed by atoms with Gasteiger partial charge < -0.3 is 9.80 Å². The van der Waals surface area contributed by atoms with Crippen LogP contribution in [-0.2, 0) is 10.0 Å². The number of amides is 1. The van der Waals surface area contributed by atoms with Gasteiger partial charge in [0.05, 0.1) is 5.02 Å². The van der Waals surface area contributed by atoms with Gasteiger partial charge in [0.25, 0.3) is 15.9 Å². The highest BCUT2D eigenvalue weighted by Gasteiger charge is 2.25. The van der Waals surface area contributed by atoms with E-state index in [0.29, 0.717) is 19.6 Å². The lowest BCUT2D eigenvalue weighted by Crippen LogP contribution is -2.35. The zero-order valence-corrected chi connectivity index (χ0v) is 19.3. The molecule has 0 saturated carbocycles. The predicted octanol–water partition coefficient (Wildman–Crippen LogP) is 4.09. The van der Waals surface area contributed by atoms with E-state index in [1.807, 2.05) is 5.38 Å². The van der Waals surface area contributed by atoms with Gasteiger partial charge in [-0.05, 0) is 48.9 Å². The van der Waals surface area contributed by atoms with E-state index in [0.717, 1.165) is 30.2 Å². The number of carbonyl (C=O) groups is 1. The Labute approximate surface area is 194 Å². The van der Waals surface area contributed by atoms with Gasteiger partial charge in [-0.15, -0.1) is 11.3 Å². The molecular formula is C21H20ClFN4O3S2. The zero-order chi connectivity index (χ0) is 22.7. The average Bonchev–Trinajstić information content (AvgIpc) is 3.19. The van der Waals surface area contributed by atoms with Crippen LogP contribution in [0.4, 0.5) is 15.2 Å². The summed E-state index contributed by atoms with van der Waals surface area (Å²) in [5, 5.41) is 2.83. The summed E-state index contributed by atoms with van der Waals surface area (Å²) in [6, 6.07) is 9.10. The topological polar surface area (TPSA) is 82.6 Å². The quantitative estimate of drug-likeness (QED) is 0.577. The van der Waals surface area contributed by atoms with Crippen LogP contribution in [0.25, 0.3) is 0 Å². The third-order valence-electron chi connectivity index (χ3n) is 5.04. The van der Waals surface area contributed by atoms with Crippen LogP contribution in [0.3, 0.4) is 0 Å². The molecule has 7 nitrogen and oxygen atoms in total. The average molecular weight is 495 g/mol. The van der Waals surface area contributed by atoms with Crippen LogP contribution in [0.1, 0.15) is 16.8 Å². The minimum Gasteiger partial charge on any atom is -0.346 e. The van der Waals surface area contributed by atoms with Gasteiger partial charge in [-0.2, -0.15) is 0 Å². The van der Waals surface area contributed by atoms with Crippen LogP contribution in [0.15, 0.2) is 58.9 Å². The van der Waals surface area contributed by atoms with Crippen LogP contribution in [-0.4, -0.2) is 50.4 Å². The first-order valence-electron chi connectivity index (χ1n) is 9.85. The van der Waals surface area contributed by atoms with Crippen molar-refractivity contribution in [3.8, 4) is 0 Å². The smallest absolute Gasteiger partial charge is 0.263 e. The molecule has 0 atom stereocenters. The summed E-state index contributed by atoms with van der Waals surface area (Å²) >= 11 is 7.70. The molecule has 11 heteroatoms. The standard InChI is InChI=1S/C21H20ClFN4O3S2/c22-18-7-2-15(14-19(18)32(29,30)25-17-5-3-16(23)4-6-17)20(28)26-9-1-10-27(12-11-26)21-24-8-13-31-21/h2-8,13-14,25H,1,9-12H2. The van der Waals surface area contributed by atoms with Gasteiger partial charge in [0.1, 0.15) is 10.7 Å². The SMILES string of the molecule is O=C(c1ccc(Cl)c(S(=O)(=O)Nc2ccc(F)cc2)c1)N1CCCN(c2nccs2)CC1. The maximum absolute atomic E-state index is 13.1. The van der Waals surface area contributed by atoms with Gasteiger partial charge in [-0.3, -0.25) is 9.52 Å². The molecule has 2 aromatic carbocycles. The Hall–Kier alpha value is -2.69. The number of nitrogens with one attached hydrogen (secondary N) is 1. The van der Waals surface area contributed by atoms with E-state index < -0.39 is 15.8 Å². The second kappa shape index (κ2) is 9.43. The van der Waals surface area contributed by atoms with Crippen molar-refractivity contribution in [2.24, 2.45) is 0 Å². The number of hydrogen-bond donors (Lipinski definition) is 1. The summed E-state index contributed by atoms with van der Waals surface area (Å²) in [5.41, 5.74) is 0.422. The monoisotopic (exact) mass is 494 g/mol. The van der Waals surface area contributed by atoms with Crippen LogP contribution >= 0.6 is 22.9 Å². The molecule has 3 aromatic rings. The highest BCUT2D eigenvalue weighted by molar-refractivity contribution is 7.92. The summed E-state index contributed by atoms with van der Waals surface area (Å²) < 4.78 is 41.2. The van der Waals surface area contributed by atoms with Crippen molar-refractivity contribution in [1.29, 1.82) is 0 Å². The van der Waals surface area contributed by atoms with E-state index in [1.165, 1.54) is 30.3 Å². The van der Waals surface area contributed by atoms with Crippen molar-refractivity contribution in [3.05, 3.63) is 70.4 Å². The molecular weight excluding hydrogens is 475 g/mol. The van der Waals surface area contributed by atoms with Gasteiger partial charge in [0, 0.05) is 49.0 Å². The number of carbonyl (C=O) groups excluding carboxylic acids is 1. The Bertz CT molecular complexity index is 1200. The van der Waals surface area contributed by atoms with Crippen LogP contribution in [0.2, 0.25) is 5.02 Å². The molecule has 1 aliphatic heterocycles. The number of halogens is 2. The fourth-order valence-corrected chi connectivity index (χ4v) is 5.72. The molecule has 1 amide bonds. The van der Waals surface area contributed by atoms with Crippen molar-refractivity contribution in [2.45, 2.75) is 11.3 Å². The second-order valence-corrected chi connectivity index (χ2v) is 10.1. The lowest BCUT2D eigenvalue weighted by atomic mass is 10.2. The molecule has 0 spiro atoms. The number of hydrogen-bond acceptors (Lipinski definition) is 6. The normalized spacial score (nSPS) is 14.8. The highest BCUT2D eigenvalue weighted by Crippen LogP contribution is 2.26. The summed E-state index contributed by atoms with van der Waals surface area (Å²) in [5.74, 6) is -0.745. The number of nitrogens with zero attached hydrogens (tertiary/aromatic N) is 3. The molecule has 1 N–H and O–H groups in total. The van der Waals surface area contributed by atoms with Crippen LogP contribution in [0.5, 0.6) is 0 Å². The van der Waals surface area contributed by atoms with Crippen molar-refractivity contribution in [3.63, 3.8) is 0 Å². The highest BCUT2D eigenvalue weighted by atomic mass is 35.5. The molecule has 1 fully saturated rings. The first-order valence-corrected chi connectivity index (χ1v) is 12.6. The minimum absolute atomic E-state index is 0.0121. The van der Waals surface area contributed by atoms with Gasteiger partial charge >= 0.3 is 0 Å². The maximum atomic E-state index is 13.1. The number of rotatable bonds is 5. The van der Waals surface area contributed by atoms with E-state index in [2.05, 4.69) is 14.6 Å². The molecule has 1 aromatic heterocycles. The van der Waals surface area contributed by atoms with Gasteiger partial charge in [0.2, 0.25) is 0 Å². The predicted molar refractivity (Wildman–Crippen MR) is 124 cm³/mol. The van der Waals surface area contributed by atoms with E-state index in [9.17, 15) is 17.6 Å².